The molecule has 0 atom stereocenters. The standard InChI is InChI=1S/C14H20ClNO3/c1-4-14(18,5-2)9-16-13(17)10-6-7-11(15)12(8-10)19-3/h6-8,18H,4-5,9H2,1-3H3,(H,16,17). The van der Waals surface area contributed by atoms with Gasteiger partial charge in [-0.3, -0.25) is 4.79 Å². The fraction of sp³-hybridized carbons (Fsp3) is 0.500. The first-order valence-corrected chi connectivity index (χ1v) is 6.67. The summed E-state index contributed by atoms with van der Waals surface area (Å²) in [6.45, 7) is 4.01. The van der Waals surface area contributed by atoms with Crippen LogP contribution in [0.3, 0.4) is 0 Å². The van der Waals surface area contributed by atoms with Crippen molar-refractivity contribution in [2.45, 2.75) is 32.3 Å². The fourth-order valence-corrected chi connectivity index (χ4v) is 1.84. The maximum absolute atomic E-state index is 12.0. The summed E-state index contributed by atoms with van der Waals surface area (Å²) in [7, 11) is 1.50. The highest BCUT2D eigenvalue weighted by Gasteiger charge is 2.23. The zero-order chi connectivity index (χ0) is 14.5. The van der Waals surface area contributed by atoms with E-state index in [0.717, 1.165) is 0 Å². The number of carbonyl (C=O) groups excluding carboxylic acids is 1. The van der Waals surface area contributed by atoms with Crippen molar-refractivity contribution in [1.29, 1.82) is 0 Å². The van der Waals surface area contributed by atoms with Crippen LogP contribution in [0.25, 0.3) is 0 Å². The topological polar surface area (TPSA) is 58.6 Å². The molecule has 0 aliphatic heterocycles. The van der Waals surface area contributed by atoms with E-state index in [9.17, 15) is 9.90 Å². The second kappa shape index (κ2) is 6.78. The third kappa shape index (κ3) is 4.11. The summed E-state index contributed by atoms with van der Waals surface area (Å²) in [5, 5.41) is 13.3. The molecule has 0 radical (unpaired) electrons. The van der Waals surface area contributed by atoms with Crippen LogP contribution in [0.4, 0.5) is 0 Å². The van der Waals surface area contributed by atoms with Gasteiger partial charge in [-0.05, 0) is 31.0 Å². The minimum Gasteiger partial charge on any atom is -0.495 e. The lowest BCUT2D eigenvalue weighted by Crippen LogP contribution is -2.42. The Labute approximate surface area is 118 Å². The van der Waals surface area contributed by atoms with E-state index in [2.05, 4.69) is 5.32 Å². The number of carbonyl (C=O) groups is 1. The summed E-state index contributed by atoms with van der Waals surface area (Å²) in [5.74, 6) is 0.200. The van der Waals surface area contributed by atoms with E-state index in [-0.39, 0.29) is 12.5 Å². The van der Waals surface area contributed by atoms with E-state index in [1.807, 2.05) is 13.8 Å². The highest BCUT2D eigenvalue weighted by molar-refractivity contribution is 6.32. The highest BCUT2D eigenvalue weighted by Crippen LogP contribution is 2.25. The molecule has 5 heteroatoms. The normalized spacial score (nSPS) is 11.2. The molecule has 19 heavy (non-hydrogen) atoms. The van der Waals surface area contributed by atoms with Crippen LogP contribution in [0, 0.1) is 0 Å². The van der Waals surface area contributed by atoms with Crippen molar-refractivity contribution >= 4 is 17.5 Å². The fourth-order valence-electron chi connectivity index (χ4n) is 1.65. The van der Waals surface area contributed by atoms with Crippen LogP contribution in [0.1, 0.15) is 37.0 Å². The van der Waals surface area contributed by atoms with E-state index in [1.54, 1.807) is 18.2 Å². The molecule has 0 fully saturated rings. The number of hydrogen-bond donors (Lipinski definition) is 2. The number of rotatable bonds is 6. The first-order chi connectivity index (χ1) is 8.95. The Bertz CT molecular complexity index is 444. The van der Waals surface area contributed by atoms with Gasteiger partial charge < -0.3 is 15.2 Å². The molecule has 1 aromatic rings. The summed E-state index contributed by atoms with van der Waals surface area (Å²) in [6.07, 6.45) is 1.18. The summed E-state index contributed by atoms with van der Waals surface area (Å²) >= 11 is 5.90. The number of ether oxygens (including phenoxy) is 1. The lowest BCUT2D eigenvalue weighted by molar-refractivity contribution is 0.0314. The van der Waals surface area contributed by atoms with E-state index in [0.29, 0.717) is 29.2 Å². The van der Waals surface area contributed by atoms with Crippen LogP contribution in [-0.4, -0.2) is 30.3 Å². The van der Waals surface area contributed by atoms with Gasteiger partial charge in [-0.1, -0.05) is 25.4 Å². The minimum absolute atomic E-state index is 0.226. The summed E-state index contributed by atoms with van der Waals surface area (Å²) in [5.41, 5.74) is -0.401. The predicted octanol–water partition coefficient (Wildman–Crippen LogP) is 2.63. The molecule has 0 aliphatic carbocycles. The van der Waals surface area contributed by atoms with Gasteiger partial charge in [0.15, 0.2) is 0 Å². The van der Waals surface area contributed by atoms with E-state index in [4.69, 9.17) is 16.3 Å². The highest BCUT2D eigenvalue weighted by atomic mass is 35.5. The van der Waals surface area contributed by atoms with Crippen molar-refractivity contribution in [3.63, 3.8) is 0 Å². The van der Waals surface area contributed by atoms with Crippen molar-refractivity contribution in [2.75, 3.05) is 13.7 Å². The van der Waals surface area contributed by atoms with Gasteiger partial charge in [0.1, 0.15) is 5.75 Å². The quantitative estimate of drug-likeness (QED) is 0.845. The Morgan fingerprint density at radius 3 is 2.58 bits per heavy atom. The van der Waals surface area contributed by atoms with E-state index < -0.39 is 5.60 Å². The van der Waals surface area contributed by atoms with Gasteiger partial charge >= 0.3 is 0 Å². The molecular formula is C14H20ClNO3. The molecule has 4 nitrogen and oxygen atoms in total. The summed E-state index contributed by atoms with van der Waals surface area (Å²) < 4.78 is 5.06. The van der Waals surface area contributed by atoms with Crippen molar-refractivity contribution in [3.8, 4) is 5.75 Å². The Balaban J connectivity index is 2.74. The van der Waals surface area contributed by atoms with Crippen molar-refractivity contribution in [2.24, 2.45) is 0 Å². The smallest absolute Gasteiger partial charge is 0.251 e. The van der Waals surface area contributed by atoms with E-state index in [1.165, 1.54) is 7.11 Å². The lowest BCUT2D eigenvalue weighted by Gasteiger charge is -2.25. The Morgan fingerprint density at radius 2 is 2.05 bits per heavy atom. The average molecular weight is 286 g/mol. The average Bonchev–Trinajstić information content (AvgIpc) is 2.44. The monoisotopic (exact) mass is 285 g/mol. The number of aliphatic hydroxyl groups is 1. The van der Waals surface area contributed by atoms with Crippen LogP contribution in [-0.2, 0) is 0 Å². The molecule has 0 aromatic heterocycles. The second-order valence-electron chi connectivity index (χ2n) is 4.46. The van der Waals surface area contributed by atoms with E-state index >= 15 is 0 Å². The number of nitrogens with one attached hydrogen (secondary N) is 1. The second-order valence-corrected chi connectivity index (χ2v) is 4.87. The third-order valence-electron chi connectivity index (χ3n) is 3.31. The van der Waals surface area contributed by atoms with Gasteiger partial charge in [0.2, 0.25) is 0 Å². The first-order valence-electron chi connectivity index (χ1n) is 6.30. The number of benzene rings is 1. The molecule has 0 spiro atoms. The molecule has 0 bridgehead atoms. The van der Waals surface area contributed by atoms with Crippen molar-refractivity contribution < 1.29 is 14.6 Å². The van der Waals surface area contributed by atoms with Gasteiger partial charge in [0.25, 0.3) is 5.91 Å². The lowest BCUT2D eigenvalue weighted by atomic mass is 9.97. The van der Waals surface area contributed by atoms with Crippen molar-refractivity contribution in [1.82, 2.24) is 5.32 Å². The predicted molar refractivity (Wildman–Crippen MR) is 75.9 cm³/mol. The van der Waals surface area contributed by atoms with Crippen LogP contribution in [0.5, 0.6) is 5.75 Å². The zero-order valence-electron chi connectivity index (χ0n) is 11.5. The molecule has 0 aliphatic rings. The van der Waals surface area contributed by atoms with Crippen molar-refractivity contribution in [3.05, 3.63) is 28.8 Å². The summed E-state index contributed by atoms with van der Waals surface area (Å²) in [6, 6.07) is 4.81. The van der Waals surface area contributed by atoms with Gasteiger partial charge in [-0.25, -0.2) is 0 Å². The van der Waals surface area contributed by atoms with Crippen LogP contribution in [0.2, 0.25) is 5.02 Å². The zero-order valence-corrected chi connectivity index (χ0v) is 12.3. The van der Waals surface area contributed by atoms with Gasteiger partial charge in [0.05, 0.1) is 17.7 Å². The summed E-state index contributed by atoms with van der Waals surface area (Å²) in [4.78, 5) is 12.0. The molecule has 1 rings (SSSR count). The van der Waals surface area contributed by atoms with Crippen LogP contribution in [0.15, 0.2) is 18.2 Å². The molecule has 2 N–H and O–H groups in total. The Kier molecular flexibility index (Phi) is 5.63. The van der Waals surface area contributed by atoms with Gasteiger partial charge in [-0.2, -0.15) is 0 Å². The molecule has 0 heterocycles. The molecule has 106 valence electrons. The molecule has 1 aromatic carbocycles. The molecule has 1 amide bonds. The minimum atomic E-state index is -0.855. The van der Waals surface area contributed by atoms with Crippen LogP contribution >= 0.6 is 11.6 Å². The van der Waals surface area contributed by atoms with Gasteiger partial charge in [-0.15, -0.1) is 0 Å². The number of halogens is 1. The maximum Gasteiger partial charge on any atom is 0.251 e. The SMILES string of the molecule is CCC(O)(CC)CNC(=O)c1ccc(Cl)c(OC)c1. The Hall–Kier alpha value is -1.26. The maximum atomic E-state index is 12.0. The van der Waals surface area contributed by atoms with Gasteiger partial charge in [0, 0.05) is 12.1 Å². The molecule has 0 unspecified atom stereocenters. The third-order valence-corrected chi connectivity index (χ3v) is 3.62. The number of methoxy groups -OCH3 is 1. The first kappa shape index (κ1) is 15.8. The Morgan fingerprint density at radius 1 is 1.42 bits per heavy atom. The largest absolute Gasteiger partial charge is 0.495 e. The molecule has 0 saturated carbocycles. The van der Waals surface area contributed by atoms with Crippen LogP contribution < -0.4 is 10.1 Å². The number of hydrogen-bond acceptors (Lipinski definition) is 3. The molecule has 0 saturated heterocycles. The molecular weight excluding hydrogens is 266 g/mol. The number of amides is 1.